The lowest BCUT2D eigenvalue weighted by atomic mass is 9.91. The van der Waals surface area contributed by atoms with E-state index in [9.17, 15) is 0 Å². The van der Waals surface area contributed by atoms with Crippen molar-refractivity contribution in [2.24, 2.45) is 0 Å². The van der Waals surface area contributed by atoms with Gasteiger partial charge in [-0.2, -0.15) is 0 Å². The van der Waals surface area contributed by atoms with Crippen LogP contribution in [0.25, 0.3) is 148 Å². The third kappa shape index (κ3) is 6.38. The molecule has 16 aromatic rings. The van der Waals surface area contributed by atoms with E-state index in [1.165, 1.54) is 53.7 Å². The van der Waals surface area contributed by atoms with Gasteiger partial charge in [0, 0.05) is 70.3 Å². The lowest BCUT2D eigenvalue weighted by molar-refractivity contribution is 1.15. The number of para-hydroxylation sites is 4. The molecule has 16 rings (SSSR count). The van der Waals surface area contributed by atoms with Crippen LogP contribution in [0.4, 0.5) is 0 Å². The molecule has 0 bridgehead atoms. The van der Waals surface area contributed by atoms with Crippen LogP contribution in [0.15, 0.2) is 261 Å². The Morgan fingerprint density at radius 2 is 0.803 bits per heavy atom. The maximum absolute atomic E-state index is 5.57. The Kier molecular flexibility index (Phi) is 9.44. The van der Waals surface area contributed by atoms with Gasteiger partial charge in [-0.3, -0.25) is 0 Å². The van der Waals surface area contributed by atoms with Crippen molar-refractivity contribution >= 4 is 97.1 Å². The number of fused-ring (bicyclic) bond motifs is 12. The van der Waals surface area contributed by atoms with E-state index in [2.05, 4.69) is 268 Å². The second-order valence-electron chi connectivity index (χ2n) is 19.6. The molecule has 0 spiro atoms. The average molecular weight is 986 g/mol. The van der Waals surface area contributed by atoms with E-state index in [1.807, 2.05) is 6.07 Å². The van der Waals surface area contributed by atoms with Crippen LogP contribution in [0.2, 0.25) is 0 Å². The lowest BCUT2D eigenvalue weighted by Crippen LogP contribution is -2.03. The highest BCUT2D eigenvalue weighted by atomic mass is 32.1. The quantitative estimate of drug-likeness (QED) is 0.160. The van der Waals surface area contributed by atoms with E-state index >= 15 is 0 Å². The first kappa shape index (κ1) is 42.6. The van der Waals surface area contributed by atoms with Crippen molar-refractivity contribution in [2.45, 2.75) is 0 Å². The lowest BCUT2D eigenvalue weighted by Gasteiger charge is -2.21. The standard InChI is InChI=1S/C70H43N5S/c1-4-21-44(22-5-1)55-41-47(66-69-67(54-31-14-19-38-64(54)76-69)72-70(71-66)46-25-8-3-9-26-46)42-56(45-23-6-2-7-24-45)68(55)75-62-37-20-36-61(74-59-34-17-12-29-51(59)52-30-13-18-35-60(52)74)65(62)53-40-39-48(43-63(53)75)73-57-32-15-10-27-49(57)50-28-11-16-33-58(50)73/h1-43H. The highest BCUT2D eigenvalue weighted by Crippen LogP contribution is 2.48. The fourth-order valence-electron chi connectivity index (χ4n) is 12.2. The molecule has 354 valence electrons. The van der Waals surface area contributed by atoms with Gasteiger partial charge in [0.1, 0.15) is 0 Å². The van der Waals surface area contributed by atoms with Crippen molar-refractivity contribution in [3.8, 4) is 62.0 Å². The SMILES string of the molecule is c1ccc(-c2nc(-c3cc(-c4ccccc4)c(-n4c5cc(-n6c7ccccc7c7ccccc76)ccc5c5c(-n6c7ccccc7c7ccccc76)cccc54)c(-c4ccccc4)c3)c3sc4ccccc4c3n2)cc1. The molecule has 76 heavy (non-hydrogen) atoms. The van der Waals surface area contributed by atoms with Crippen LogP contribution in [-0.4, -0.2) is 23.7 Å². The molecule has 0 fully saturated rings. The number of aromatic nitrogens is 5. The molecule has 0 N–H and O–H groups in total. The van der Waals surface area contributed by atoms with Crippen LogP contribution in [-0.2, 0) is 0 Å². The summed E-state index contributed by atoms with van der Waals surface area (Å²) < 4.78 is 9.74. The van der Waals surface area contributed by atoms with Crippen molar-refractivity contribution in [3.05, 3.63) is 261 Å². The van der Waals surface area contributed by atoms with Gasteiger partial charge in [-0.15, -0.1) is 11.3 Å². The Morgan fingerprint density at radius 1 is 0.316 bits per heavy atom. The molecule has 0 amide bonds. The van der Waals surface area contributed by atoms with Crippen LogP contribution in [0.3, 0.4) is 0 Å². The topological polar surface area (TPSA) is 40.6 Å². The predicted molar refractivity (Wildman–Crippen MR) is 320 cm³/mol. The zero-order chi connectivity index (χ0) is 49.8. The summed E-state index contributed by atoms with van der Waals surface area (Å²) in [6.07, 6.45) is 0. The summed E-state index contributed by atoms with van der Waals surface area (Å²) in [5.41, 5.74) is 18.5. The Balaban J connectivity index is 1.07. The number of benzene rings is 11. The van der Waals surface area contributed by atoms with Crippen LogP contribution in [0.1, 0.15) is 0 Å². The summed E-state index contributed by atoms with van der Waals surface area (Å²) in [5.74, 6) is 0.704. The van der Waals surface area contributed by atoms with Gasteiger partial charge in [0.25, 0.3) is 0 Å². The minimum atomic E-state index is 0.704. The molecular weight excluding hydrogens is 943 g/mol. The average Bonchev–Trinajstić information content (AvgIpc) is 4.27. The summed E-state index contributed by atoms with van der Waals surface area (Å²) in [5, 5.41) is 8.39. The number of rotatable bonds is 7. The first-order valence-electron chi connectivity index (χ1n) is 25.8. The van der Waals surface area contributed by atoms with Crippen molar-refractivity contribution in [1.29, 1.82) is 0 Å². The third-order valence-electron chi connectivity index (χ3n) is 15.4. The van der Waals surface area contributed by atoms with E-state index in [1.54, 1.807) is 11.3 Å². The number of hydrogen-bond donors (Lipinski definition) is 0. The molecule has 5 nitrogen and oxygen atoms in total. The molecular formula is C70H43N5S. The maximum Gasteiger partial charge on any atom is 0.160 e. The summed E-state index contributed by atoms with van der Waals surface area (Å²) in [4.78, 5) is 10.9. The number of hydrogen-bond acceptors (Lipinski definition) is 3. The monoisotopic (exact) mass is 985 g/mol. The number of thiophene rings is 1. The van der Waals surface area contributed by atoms with Crippen molar-refractivity contribution in [1.82, 2.24) is 23.7 Å². The Hall–Kier alpha value is -9.88. The zero-order valence-corrected chi connectivity index (χ0v) is 41.8. The Morgan fingerprint density at radius 3 is 1.38 bits per heavy atom. The molecule has 5 heterocycles. The van der Waals surface area contributed by atoms with Crippen molar-refractivity contribution in [3.63, 3.8) is 0 Å². The maximum atomic E-state index is 5.57. The third-order valence-corrected chi connectivity index (χ3v) is 16.6. The summed E-state index contributed by atoms with van der Waals surface area (Å²) >= 11 is 1.76. The molecule has 0 saturated heterocycles. The van der Waals surface area contributed by atoms with E-state index in [4.69, 9.17) is 9.97 Å². The number of nitrogens with zero attached hydrogens (tertiary/aromatic N) is 5. The molecule has 0 unspecified atom stereocenters. The molecule has 11 aromatic carbocycles. The fraction of sp³-hybridized carbons (Fsp3) is 0. The summed E-state index contributed by atoms with van der Waals surface area (Å²) in [7, 11) is 0. The second-order valence-corrected chi connectivity index (χ2v) is 20.7. The minimum Gasteiger partial charge on any atom is -0.309 e. The van der Waals surface area contributed by atoms with Crippen molar-refractivity contribution < 1.29 is 0 Å². The van der Waals surface area contributed by atoms with Gasteiger partial charge in [-0.25, -0.2) is 9.97 Å². The summed E-state index contributed by atoms with van der Waals surface area (Å²) in [6, 6.07) is 94.9. The Labute approximate surface area is 441 Å². The van der Waals surface area contributed by atoms with Gasteiger partial charge >= 0.3 is 0 Å². The van der Waals surface area contributed by atoms with Gasteiger partial charge in [0.15, 0.2) is 5.82 Å². The molecule has 0 aliphatic carbocycles. The molecule has 0 atom stereocenters. The van der Waals surface area contributed by atoms with Crippen LogP contribution in [0.5, 0.6) is 0 Å². The molecule has 0 aliphatic heterocycles. The first-order chi connectivity index (χ1) is 37.7. The molecule has 0 radical (unpaired) electrons. The van der Waals surface area contributed by atoms with Gasteiger partial charge in [-0.05, 0) is 77.9 Å². The van der Waals surface area contributed by atoms with Gasteiger partial charge in [-0.1, -0.05) is 194 Å². The smallest absolute Gasteiger partial charge is 0.160 e. The van der Waals surface area contributed by atoms with Crippen LogP contribution >= 0.6 is 11.3 Å². The van der Waals surface area contributed by atoms with Crippen LogP contribution in [0, 0.1) is 0 Å². The van der Waals surface area contributed by atoms with Gasteiger partial charge < -0.3 is 13.7 Å². The van der Waals surface area contributed by atoms with E-state index in [0.29, 0.717) is 5.82 Å². The van der Waals surface area contributed by atoms with Crippen LogP contribution < -0.4 is 0 Å². The van der Waals surface area contributed by atoms with Gasteiger partial charge in [0.05, 0.1) is 60.4 Å². The van der Waals surface area contributed by atoms with Gasteiger partial charge in [0.2, 0.25) is 0 Å². The minimum absolute atomic E-state index is 0.704. The molecule has 0 saturated carbocycles. The van der Waals surface area contributed by atoms with E-state index in [-0.39, 0.29) is 0 Å². The molecule has 6 heteroatoms. The van der Waals surface area contributed by atoms with Crippen molar-refractivity contribution in [2.75, 3.05) is 0 Å². The van der Waals surface area contributed by atoms with E-state index in [0.717, 1.165) is 88.2 Å². The Bertz CT molecular complexity index is 4820. The highest BCUT2D eigenvalue weighted by Gasteiger charge is 2.27. The largest absolute Gasteiger partial charge is 0.309 e. The highest BCUT2D eigenvalue weighted by molar-refractivity contribution is 7.26. The fourth-order valence-corrected chi connectivity index (χ4v) is 13.3. The molecule has 0 aliphatic rings. The first-order valence-corrected chi connectivity index (χ1v) is 26.6. The molecule has 5 aromatic heterocycles. The second kappa shape index (κ2) is 16.8. The zero-order valence-electron chi connectivity index (χ0n) is 41.0. The van der Waals surface area contributed by atoms with E-state index < -0.39 is 0 Å². The normalized spacial score (nSPS) is 11.9. The predicted octanol–water partition coefficient (Wildman–Crippen LogP) is 18.8. The summed E-state index contributed by atoms with van der Waals surface area (Å²) in [6.45, 7) is 0.